The Balaban J connectivity index is 0.000000303. The summed E-state index contributed by atoms with van der Waals surface area (Å²) in [6.45, 7) is 2.24. The van der Waals surface area contributed by atoms with Gasteiger partial charge in [-0.25, -0.2) is 19.0 Å². The highest BCUT2D eigenvalue weighted by atomic mass is 32.1. The number of carboxylic acids is 2. The summed E-state index contributed by atoms with van der Waals surface area (Å²) >= 11 is 1.42. The third-order valence-electron chi connectivity index (χ3n) is 5.54. The number of hydrogen-bond donors (Lipinski definition) is 4. The first-order chi connectivity index (χ1) is 20.0. The van der Waals surface area contributed by atoms with Gasteiger partial charge in [0.15, 0.2) is 5.13 Å². The van der Waals surface area contributed by atoms with Crippen LogP contribution in [0.5, 0.6) is 5.75 Å². The lowest BCUT2D eigenvalue weighted by molar-refractivity contribution is -0.193. The van der Waals surface area contributed by atoms with Crippen LogP contribution >= 0.6 is 11.3 Å². The second kappa shape index (κ2) is 13.1. The van der Waals surface area contributed by atoms with Crippen LogP contribution in [0.25, 0.3) is 21.3 Å². The fraction of sp³-hybridized carbons (Fsp3) is 0.240. The Morgan fingerprint density at radius 1 is 1.02 bits per heavy atom. The Hall–Kier alpha value is -4.74. The molecular formula is C25H19F7N4O6S. The molecule has 10 nitrogen and oxygen atoms in total. The Kier molecular flexibility index (Phi) is 9.95. The van der Waals surface area contributed by atoms with E-state index in [4.69, 9.17) is 24.5 Å². The van der Waals surface area contributed by atoms with E-state index in [1.165, 1.54) is 23.5 Å². The SMILES string of the molecule is Cc1[nH]ncc1-c1ccc2nc(NC(=O)C3COc4ccc(F)cc4C3)sc2c1.O=C(O)C(F)(F)F.O=C(O)C(F)(F)F. The van der Waals surface area contributed by atoms with Crippen LogP contribution in [0.15, 0.2) is 42.6 Å². The minimum absolute atomic E-state index is 0.176. The summed E-state index contributed by atoms with van der Waals surface area (Å²) < 4.78 is 83.6. The highest BCUT2D eigenvalue weighted by molar-refractivity contribution is 7.22. The van der Waals surface area contributed by atoms with Gasteiger partial charge in [0.25, 0.3) is 0 Å². The number of carbonyl (C=O) groups excluding carboxylic acids is 1. The summed E-state index contributed by atoms with van der Waals surface area (Å²) in [7, 11) is 0. The topological polar surface area (TPSA) is 154 Å². The zero-order chi connectivity index (χ0) is 32.1. The number of aromatic nitrogens is 3. The Bertz CT molecular complexity index is 1610. The number of ether oxygens (including phenoxy) is 1. The normalized spacial score (nSPS) is 14.3. The average Bonchev–Trinajstić information content (AvgIpc) is 3.52. The van der Waals surface area contributed by atoms with Gasteiger partial charge in [0, 0.05) is 11.3 Å². The van der Waals surface area contributed by atoms with E-state index in [1.807, 2.05) is 25.1 Å². The highest BCUT2D eigenvalue weighted by Crippen LogP contribution is 2.33. The molecule has 0 saturated carbocycles. The number of aromatic amines is 1. The minimum atomic E-state index is -5.08. The van der Waals surface area contributed by atoms with Crippen molar-refractivity contribution in [1.29, 1.82) is 0 Å². The first kappa shape index (κ1) is 32.8. The molecule has 230 valence electrons. The van der Waals surface area contributed by atoms with Gasteiger partial charge in [0.05, 0.1) is 22.3 Å². The number of anilines is 1. The molecule has 43 heavy (non-hydrogen) atoms. The number of hydrogen-bond acceptors (Lipinski definition) is 7. The molecule has 0 saturated heterocycles. The molecule has 0 aliphatic carbocycles. The number of nitrogens with one attached hydrogen (secondary N) is 2. The fourth-order valence-electron chi connectivity index (χ4n) is 3.53. The van der Waals surface area contributed by atoms with Crippen molar-refractivity contribution >= 4 is 44.5 Å². The number of H-pyrrole nitrogens is 1. The van der Waals surface area contributed by atoms with E-state index >= 15 is 0 Å². The van der Waals surface area contributed by atoms with Crippen LogP contribution in [0.1, 0.15) is 11.3 Å². The van der Waals surface area contributed by atoms with Crippen molar-refractivity contribution in [3.8, 4) is 16.9 Å². The first-order valence-electron chi connectivity index (χ1n) is 11.7. The molecule has 1 unspecified atom stereocenters. The number of carbonyl (C=O) groups is 3. The van der Waals surface area contributed by atoms with Crippen LogP contribution in [0.3, 0.4) is 0 Å². The molecule has 4 N–H and O–H groups in total. The summed E-state index contributed by atoms with van der Waals surface area (Å²) in [5.74, 6) is -5.77. The number of amides is 1. The molecule has 2 aromatic carbocycles. The second-order valence-electron chi connectivity index (χ2n) is 8.67. The number of rotatable bonds is 3. The molecule has 1 aliphatic heterocycles. The lowest BCUT2D eigenvalue weighted by Gasteiger charge is -2.24. The lowest BCUT2D eigenvalue weighted by atomic mass is 9.96. The molecule has 3 heterocycles. The van der Waals surface area contributed by atoms with Crippen LogP contribution in [0.4, 0.5) is 35.9 Å². The molecule has 1 aliphatic rings. The summed E-state index contributed by atoms with van der Waals surface area (Å²) in [6.07, 6.45) is -7.93. The number of aryl methyl sites for hydroxylation is 1. The molecule has 1 amide bonds. The smallest absolute Gasteiger partial charge is 0.490 e. The molecular weight excluding hydrogens is 617 g/mol. The van der Waals surface area contributed by atoms with E-state index in [9.17, 15) is 35.5 Å². The predicted molar refractivity (Wildman–Crippen MR) is 137 cm³/mol. The van der Waals surface area contributed by atoms with E-state index in [0.717, 1.165) is 27.0 Å². The second-order valence-corrected chi connectivity index (χ2v) is 9.70. The lowest BCUT2D eigenvalue weighted by Crippen LogP contribution is -2.32. The van der Waals surface area contributed by atoms with Gasteiger partial charge in [-0.15, -0.1) is 0 Å². The van der Waals surface area contributed by atoms with E-state index in [1.54, 1.807) is 12.3 Å². The zero-order valence-corrected chi connectivity index (χ0v) is 22.3. The van der Waals surface area contributed by atoms with Crippen molar-refractivity contribution in [1.82, 2.24) is 15.2 Å². The standard InChI is InChI=1S/C21H17FN4O2S.2C2HF3O2/c1-11-16(9-23-26-11)12-2-4-17-19(8-12)29-21(24-17)25-20(27)14-6-13-7-15(22)3-5-18(13)28-10-14;2*3-2(4,5)1(6)7/h2-5,7-9,14H,6,10H2,1H3,(H,23,26)(H,24,25,27);2*(H,6,7). The molecule has 0 spiro atoms. The van der Waals surface area contributed by atoms with E-state index in [0.29, 0.717) is 22.9 Å². The van der Waals surface area contributed by atoms with Gasteiger partial charge in [0.2, 0.25) is 5.91 Å². The quantitative estimate of drug-likeness (QED) is 0.212. The molecule has 18 heteroatoms. The Morgan fingerprint density at radius 2 is 1.65 bits per heavy atom. The van der Waals surface area contributed by atoms with Crippen molar-refractivity contribution < 1.29 is 60.1 Å². The molecule has 4 aromatic rings. The number of fused-ring (bicyclic) bond motifs is 2. The van der Waals surface area contributed by atoms with Gasteiger partial charge in [-0.2, -0.15) is 31.4 Å². The third kappa shape index (κ3) is 8.87. The number of nitrogens with zero attached hydrogens (tertiary/aromatic N) is 2. The van der Waals surface area contributed by atoms with E-state index < -0.39 is 24.3 Å². The molecule has 5 rings (SSSR count). The van der Waals surface area contributed by atoms with Crippen molar-refractivity contribution in [2.24, 2.45) is 5.92 Å². The van der Waals surface area contributed by atoms with Crippen molar-refractivity contribution in [2.75, 3.05) is 11.9 Å². The maximum absolute atomic E-state index is 13.5. The third-order valence-corrected chi connectivity index (χ3v) is 6.48. The highest BCUT2D eigenvalue weighted by Gasteiger charge is 2.39. The molecule has 2 aromatic heterocycles. The summed E-state index contributed by atoms with van der Waals surface area (Å²) in [4.78, 5) is 35.0. The van der Waals surface area contributed by atoms with Crippen molar-refractivity contribution in [3.63, 3.8) is 0 Å². The van der Waals surface area contributed by atoms with Crippen molar-refractivity contribution in [2.45, 2.75) is 25.7 Å². The van der Waals surface area contributed by atoms with E-state index in [-0.39, 0.29) is 24.2 Å². The van der Waals surface area contributed by atoms with Gasteiger partial charge >= 0.3 is 24.3 Å². The first-order valence-corrected chi connectivity index (χ1v) is 12.5. The van der Waals surface area contributed by atoms with Gasteiger partial charge in [-0.05, 0) is 54.8 Å². The van der Waals surface area contributed by atoms with Crippen LogP contribution < -0.4 is 10.1 Å². The summed E-state index contributed by atoms with van der Waals surface area (Å²) in [5.41, 5.74) is 4.61. The number of halogens is 7. The maximum atomic E-state index is 13.5. The molecule has 0 fully saturated rings. The largest absolute Gasteiger partial charge is 0.492 e. The minimum Gasteiger partial charge on any atom is -0.492 e. The van der Waals surface area contributed by atoms with Gasteiger partial charge < -0.3 is 20.3 Å². The van der Waals surface area contributed by atoms with Gasteiger partial charge in [-0.3, -0.25) is 9.89 Å². The zero-order valence-electron chi connectivity index (χ0n) is 21.5. The number of alkyl halides is 6. The fourth-order valence-corrected chi connectivity index (χ4v) is 4.43. The van der Waals surface area contributed by atoms with Gasteiger partial charge in [-0.1, -0.05) is 17.4 Å². The average molecular weight is 637 g/mol. The number of thiazole rings is 1. The van der Waals surface area contributed by atoms with Crippen LogP contribution in [0, 0.1) is 18.7 Å². The number of aliphatic carboxylic acids is 2. The monoisotopic (exact) mass is 636 g/mol. The van der Waals surface area contributed by atoms with Gasteiger partial charge in [0.1, 0.15) is 18.2 Å². The van der Waals surface area contributed by atoms with E-state index in [2.05, 4.69) is 20.5 Å². The summed E-state index contributed by atoms with van der Waals surface area (Å²) in [5, 5.41) is 24.7. The number of carboxylic acid groups (broad SMARTS) is 2. The molecule has 1 atom stereocenters. The Labute approximate surface area is 240 Å². The van der Waals surface area contributed by atoms with Crippen LogP contribution in [0.2, 0.25) is 0 Å². The van der Waals surface area contributed by atoms with Crippen LogP contribution in [-0.2, 0) is 20.8 Å². The molecule has 0 radical (unpaired) electrons. The van der Waals surface area contributed by atoms with Crippen LogP contribution in [-0.4, -0.2) is 62.2 Å². The predicted octanol–water partition coefficient (Wildman–Crippen LogP) is 5.59. The van der Waals surface area contributed by atoms with Crippen molar-refractivity contribution in [3.05, 3.63) is 59.7 Å². The Morgan fingerprint density at radius 3 is 2.21 bits per heavy atom. The summed E-state index contributed by atoms with van der Waals surface area (Å²) in [6, 6.07) is 10.4. The number of benzene rings is 2. The maximum Gasteiger partial charge on any atom is 0.490 e. The molecule has 0 bridgehead atoms.